The van der Waals surface area contributed by atoms with E-state index in [2.05, 4.69) is 0 Å². The minimum Gasteiger partial charge on any atom is -0.506 e. The van der Waals surface area contributed by atoms with Crippen molar-refractivity contribution in [3.05, 3.63) is 27.8 Å². The van der Waals surface area contributed by atoms with Gasteiger partial charge in [-0.05, 0) is 37.0 Å². The van der Waals surface area contributed by atoms with Crippen molar-refractivity contribution in [2.75, 3.05) is 0 Å². The van der Waals surface area contributed by atoms with Crippen LogP contribution < -0.4 is 0 Å². The molecule has 1 unspecified atom stereocenters. The minimum atomic E-state index is -0.883. The van der Waals surface area contributed by atoms with Crippen molar-refractivity contribution in [1.82, 2.24) is 0 Å². The molecule has 1 aromatic carbocycles. The van der Waals surface area contributed by atoms with E-state index in [-0.39, 0.29) is 5.75 Å². The minimum absolute atomic E-state index is 0.0173. The number of aryl methyl sites for hydroxylation is 1. The Balaban J connectivity index is 3.39. The first-order valence-corrected chi connectivity index (χ1v) is 5.49. The number of carbonyl (C=O) groups is 1. The molecule has 88 valence electrons. The number of halogens is 1. The zero-order chi connectivity index (χ0) is 12.5. The average Bonchev–Trinajstić information content (AvgIpc) is 2.23. The Bertz CT molecular complexity index is 427. The van der Waals surface area contributed by atoms with Crippen LogP contribution in [0.4, 0.5) is 0 Å². The highest BCUT2D eigenvalue weighted by Crippen LogP contribution is 2.36. The second-order valence-corrected chi connectivity index (χ2v) is 4.25. The summed E-state index contributed by atoms with van der Waals surface area (Å²) < 4.78 is 0. The van der Waals surface area contributed by atoms with E-state index in [9.17, 15) is 9.90 Å². The molecule has 0 amide bonds. The fourth-order valence-electron chi connectivity index (χ4n) is 1.78. The molecule has 0 heterocycles. The summed E-state index contributed by atoms with van der Waals surface area (Å²) in [6.07, 6.45) is 0.483. The summed E-state index contributed by atoms with van der Waals surface area (Å²) in [5.41, 5.74) is 1.87. The average molecular weight is 243 g/mol. The van der Waals surface area contributed by atoms with Crippen LogP contribution in [0.1, 0.15) is 36.0 Å². The molecule has 0 bridgehead atoms. The first-order chi connectivity index (χ1) is 7.40. The predicted molar refractivity (Wildman–Crippen MR) is 63.3 cm³/mol. The van der Waals surface area contributed by atoms with Crippen molar-refractivity contribution >= 4 is 17.6 Å². The van der Waals surface area contributed by atoms with Crippen LogP contribution in [-0.4, -0.2) is 16.2 Å². The monoisotopic (exact) mass is 242 g/mol. The predicted octanol–water partition coefficient (Wildman–Crippen LogP) is 3.24. The third kappa shape index (κ3) is 2.14. The van der Waals surface area contributed by atoms with E-state index in [4.69, 9.17) is 16.7 Å². The Morgan fingerprint density at radius 1 is 1.50 bits per heavy atom. The van der Waals surface area contributed by atoms with Crippen molar-refractivity contribution in [3.63, 3.8) is 0 Å². The number of aromatic hydroxyl groups is 1. The third-order valence-electron chi connectivity index (χ3n) is 2.80. The van der Waals surface area contributed by atoms with Gasteiger partial charge in [0.05, 0.1) is 10.9 Å². The Hall–Kier alpha value is -1.22. The highest BCUT2D eigenvalue weighted by molar-refractivity contribution is 6.32. The first-order valence-electron chi connectivity index (χ1n) is 5.11. The Morgan fingerprint density at radius 3 is 2.50 bits per heavy atom. The number of hydrogen-bond acceptors (Lipinski definition) is 2. The maximum atomic E-state index is 11.1. The van der Waals surface area contributed by atoms with E-state index in [1.54, 1.807) is 26.8 Å². The summed E-state index contributed by atoms with van der Waals surface area (Å²) in [4.78, 5) is 11.1. The van der Waals surface area contributed by atoms with E-state index < -0.39 is 11.9 Å². The Labute approximate surface area is 99.7 Å². The van der Waals surface area contributed by atoms with Gasteiger partial charge in [-0.2, -0.15) is 0 Å². The molecule has 0 spiro atoms. The van der Waals surface area contributed by atoms with Crippen LogP contribution >= 0.6 is 11.6 Å². The lowest BCUT2D eigenvalue weighted by Crippen LogP contribution is -2.12. The summed E-state index contributed by atoms with van der Waals surface area (Å²) in [5.74, 6) is -1.50. The van der Waals surface area contributed by atoms with Crippen molar-refractivity contribution in [3.8, 4) is 5.75 Å². The van der Waals surface area contributed by atoms with Gasteiger partial charge in [-0.3, -0.25) is 4.79 Å². The zero-order valence-electron chi connectivity index (χ0n) is 9.54. The summed E-state index contributed by atoms with van der Waals surface area (Å²) in [6, 6.07) is 1.74. The number of rotatable bonds is 3. The van der Waals surface area contributed by atoms with Gasteiger partial charge in [0.2, 0.25) is 0 Å². The second-order valence-electron chi connectivity index (χ2n) is 3.87. The maximum absolute atomic E-state index is 11.1. The smallest absolute Gasteiger partial charge is 0.310 e. The molecule has 0 aliphatic carbocycles. The largest absolute Gasteiger partial charge is 0.506 e. The van der Waals surface area contributed by atoms with Crippen molar-refractivity contribution in [2.45, 2.75) is 33.1 Å². The summed E-state index contributed by atoms with van der Waals surface area (Å²) in [7, 11) is 0. The van der Waals surface area contributed by atoms with Crippen LogP contribution in [-0.2, 0) is 4.79 Å². The molecule has 0 fully saturated rings. The van der Waals surface area contributed by atoms with Crippen LogP contribution in [0.2, 0.25) is 5.02 Å². The number of hydrogen-bond donors (Lipinski definition) is 2. The molecule has 0 saturated carbocycles. The van der Waals surface area contributed by atoms with Gasteiger partial charge in [-0.25, -0.2) is 0 Å². The molecular weight excluding hydrogens is 228 g/mol. The number of carboxylic acid groups (broad SMARTS) is 1. The SMILES string of the molecule is CCC(C(=O)O)c1cc(C)c(Cl)c(O)c1C. The quantitative estimate of drug-likeness (QED) is 0.856. The number of carboxylic acids is 1. The van der Waals surface area contributed by atoms with Crippen LogP contribution in [0, 0.1) is 13.8 Å². The first kappa shape index (κ1) is 12.8. The van der Waals surface area contributed by atoms with E-state index in [1.807, 2.05) is 0 Å². The van der Waals surface area contributed by atoms with Crippen LogP contribution in [0.5, 0.6) is 5.75 Å². The summed E-state index contributed by atoms with van der Waals surface area (Å²) in [6.45, 7) is 5.24. The van der Waals surface area contributed by atoms with Gasteiger partial charge >= 0.3 is 5.97 Å². The lowest BCUT2D eigenvalue weighted by Gasteiger charge is -2.16. The maximum Gasteiger partial charge on any atom is 0.310 e. The standard InChI is InChI=1S/C12H15ClO3/c1-4-8(12(15)16)9-5-6(2)10(13)11(14)7(9)3/h5,8,14H,4H2,1-3H3,(H,15,16). The molecule has 0 aliphatic rings. The molecule has 1 aromatic rings. The van der Waals surface area contributed by atoms with Crippen LogP contribution in [0.15, 0.2) is 6.07 Å². The van der Waals surface area contributed by atoms with Gasteiger partial charge < -0.3 is 10.2 Å². The van der Waals surface area contributed by atoms with Crippen molar-refractivity contribution in [1.29, 1.82) is 0 Å². The van der Waals surface area contributed by atoms with Gasteiger partial charge in [-0.15, -0.1) is 0 Å². The Morgan fingerprint density at radius 2 is 2.06 bits per heavy atom. The van der Waals surface area contributed by atoms with E-state index in [0.717, 1.165) is 0 Å². The van der Waals surface area contributed by atoms with Crippen LogP contribution in [0.3, 0.4) is 0 Å². The third-order valence-corrected chi connectivity index (χ3v) is 3.27. The molecule has 0 aromatic heterocycles. The fraction of sp³-hybridized carbons (Fsp3) is 0.417. The fourth-order valence-corrected chi connectivity index (χ4v) is 1.98. The normalized spacial score (nSPS) is 12.5. The number of benzene rings is 1. The molecule has 1 rings (SSSR count). The van der Waals surface area contributed by atoms with Gasteiger partial charge in [0.15, 0.2) is 0 Å². The number of phenols is 1. The molecule has 4 heteroatoms. The van der Waals surface area contributed by atoms with Gasteiger partial charge in [-0.1, -0.05) is 24.6 Å². The molecular formula is C12H15ClO3. The lowest BCUT2D eigenvalue weighted by molar-refractivity contribution is -0.138. The highest BCUT2D eigenvalue weighted by Gasteiger charge is 2.22. The number of aliphatic carboxylic acids is 1. The molecule has 0 radical (unpaired) electrons. The molecule has 0 aliphatic heterocycles. The van der Waals surface area contributed by atoms with Crippen molar-refractivity contribution < 1.29 is 15.0 Å². The van der Waals surface area contributed by atoms with E-state index in [0.29, 0.717) is 28.1 Å². The second kappa shape index (κ2) is 4.74. The van der Waals surface area contributed by atoms with Gasteiger partial charge in [0.25, 0.3) is 0 Å². The summed E-state index contributed by atoms with van der Waals surface area (Å²) in [5, 5.41) is 19.1. The van der Waals surface area contributed by atoms with Crippen LogP contribution in [0.25, 0.3) is 0 Å². The van der Waals surface area contributed by atoms with E-state index in [1.165, 1.54) is 0 Å². The van der Waals surface area contributed by atoms with Crippen molar-refractivity contribution in [2.24, 2.45) is 0 Å². The molecule has 2 N–H and O–H groups in total. The Kier molecular flexibility index (Phi) is 3.81. The highest BCUT2D eigenvalue weighted by atomic mass is 35.5. The molecule has 1 atom stereocenters. The molecule has 3 nitrogen and oxygen atoms in total. The number of phenolic OH excluding ortho intramolecular Hbond substituents is 1. The molecule has 16 heavy (non-hydrogen) atoms. The van der Waals surface area contributed by atoms with Gasteiger partial charge in [0.1, 0.15) is 5.75 Å². The zero-order valence-corrected chi connectivity index (χ0v) is 10.3. The van der Waals surface area contributed by atoms with Gasteiger partial charge in [0, 0.05) is 0 Å². The summed E-state index contributed by atoms with van der Waals surface area (Å²) >= 11 is 5.88. The topological polar surface area (TPSA) is 57.5 Å². The molecule has 0 saturated heterocycles. The lowest BCUT2D eigenvalue weighted by atomic mass is 9.91. The van der Waals surface area contributed by atoms with E-state index >= 15 is 0 Å².